The highest BCUT2D eigenvalue weighted by atomic mass is 127. The van der Waals surface area contributed by atoms with E-state index in [2.05, 4.69) is 84.7 Å². The molecule has 0 saturated heterocycles. The van der Waals surface area contributed by atoms with Crippen molar-refractivity contribution in [2.24, 2.45) is 0 Å². The van der Waals surface area contributed by atoms with Gasteiger partial charge in [0.15, 0.2) is 3.83 Å². The second-order valence-electron chi connectivity index (χ2n) is 4.61. The first-order valence-corrected chi connectivity index (χ1v) is 9.73. The van der Waals surface area contributed by atoms with Crippen molar-refractivity contribution in [2.75, 3.05) is 0 Å². The fourth-order valence-electron chi connectivity index (χ4n) is 1.67. The Kier molecular flexibility index (Phi) is 8.67. The van der Waals surface area contributed by atoms with Gasteiger partial charge in [0.1, 0.15) is 5.82 Å². The van der Waals surface area contributed by atoms with E-state index >= 15 is 0 Å². The summed E-state index contributed by atoms with van der Waals surface area (Å²) in [5.74, 6) is 0.891. The van der Waals surface area contributed by atoms with Crippen molar-refractivity contribution >= 4 is 54.5 Å². The normalized spacial score (nSPS) is 10.1. The molecule has 0 spiro atoms. The van der Waals surface area contributed by atoms with E-state index in [4.69, 9.17) is 0 Å². The number of unbranched alkanes of at least 4 members (excludes halogenated alkanes) is 1. The van der Waals surface area contributed by atoms with Crippen LogP contribution in [0.5, 0.6) is 0 Å². The van der Waals surface area contributed by atoms with Crippen LogP contribution in [-0.2, 0) is 13.0 Å². The maximum Gasteiger partial charge on any atom is 0.190 e. The van der Waals surface area contributed by atoms with Gasteiger partial charge in [0.05, 0.1) is 15.1 Å². The van der Waals surface area contributed by atoms with Crippen LogP contribution < -0.4 is 0 Å². The van der Waals surface area contributed by atoms with E-state index in [9.17, 15) is 0 Å². The highest BCUT2D eigenvalue weighted by Gasteiger charge is 1.97. The first-order chi connectivity index (χ1) is 11.6. The third-order valence-corrected chi connectivity index (χ3v) is 4.15. The van der Waals surface area contributed by atoms with E-state index in [1.807, 2.05) is 10.9 Å². The van der Waals surface area contributed by atoms with Crippen molar-refractivity contribution in [3.8, 4) is 0 Å². The Bertz CT molecular complexity index is 684. The Morgan fingerprint density at radius 2 is 1.54 bits per heavy atom. The van der Waals surface area contributed by atoms with Gasteiger partial charge in [-0.25, -0.2) is 19.9 Å². The summed E-state index contributed by atoms with van der Waals surface area (Å²) in [5.41, 5.74) is 0. The molecule has 126 valence electrons. The van der Waals surface area contributed by atoms with Gasteiger partial charge < -0.3 is 0 Å². The molecule has 24 heavy (non-hydrogen) atoms. The average Bonchev–Trinajstić information content (AvgIpc) is 3.10. The fraction of sp³-hybridized carbons (Fsp3) is 0.286. The third kappa shape index (κ3) is 7.71. The number of aryl methyl sites for hydroxylation is 2. The lowest BCUT2D eigenvalue weighted by Crippen LogP contribution is -2.00. The van der Waals surface area contributed by atoms with Gasteiger partial charge in [0.25, 0.3) is 0 Å². The quantitative estimate of drug-likeness (QED) is 0.266. The topological polar surface area (TPSA) is 82.3 Å². The summed E-state index contributed by atoms with van der Waals surface area (Å²) in [4.78, 5) is 16.3. The molecule has 0 radical (unpaired) electrons. The third-order valence-electron chi connectivity index (χ3n) is 2.77. The average molecular weight is 567 g/mol. The minimum atomic E-state index is 0.769. The zero-order valence-electron chi connectivity index (χ0n) is 12.6. The molecule has 0 bridgehead atoms. The second-order valence-corrected chi connectivity index (χ2v) is 7.41. The minimum Gasteiger partial charge on any atom is -0.253 e. The van der Waals surface area contributed by atoms with Crippen LogP contribution in [0.2, 0.25) is 0 Å². The van der Waals surface area contributed by atoms with E-state index in [0.29, 0.717) is 0 Å². The van der Waals surface area contributed by atoms with Crippen molar-refractivity contribution in [3.63, 3.8) is 0 Å². The molecule has 0 amide bonds. The highest BCUT2D eigenvalue weighted by molar-refractivity contribution is 14.1. The van der Waals surface area contributed by atoms with Gasteiger partial charge >= 0.3 is 0 Å². The lowest BCUT2D eigenvalue weighted by molar-refractivity contribution is 0.537. The van der Waals surface area contributed by atoms with Crippen molar-refractivity contribution < 1.29 is 0 Å². The number of nitrogens with zero attached hydrogens (tertiary/aromatic N) is 7. The second kappa shape index (κ2) is 10.8. The molecule has 0 aliphatic heterocycles. The molecule has 0 fully saturated rings. The molecule has 3 aromatic heterocycles. The zero-order valence-corrected chi connectivity index (χ0v) is 17.9. The molecule has 3 aromatic rings. The first-order valence-electron chi connectivity index (χ1n) is 7.07. The molecule has 0 aliphatic rings. The van der Waals surface area contributed by atoms with E-state index < -0.39 is 0 Å². The Balaban J connectivity index is 0.000000219. The van der Waals surface area contributed by atoms with Crippen LogP contribution in [-0.4, -0.2) is 34.9 Å². The van der Waals surface area contributed by atoms with E-state index in [0.717, 1.165) is 44.4 Å². The van der Waals surface area contributed by atoms with Gasteiger partial charge in [0.2, 0.25) is 0 Å². The smallest absolute Gasteiger partial charge is 0.190 e. The van der Waals surface area contributed by atoms with Crippen molar-refractivity contribution in [1.82, 2.24) is 34.9 Å². The maximum absolute atomic E-state index is 4.22. The molecular weight excluding hydrogens is 553 g/mol. The van der Waals surface area contributed by atoms with Gasteiger partial charge in [-0.2, -0.15) is 0 Å². The molecule has 0 unspecified atom stereocenters. The summed E-state index contributed by atoms with van der Waals surface area (Å²) >= 11 is 8.58. The lowest BCUT2D eigenvalue weighted by atomic mass is 10.2. The number of rotatable bonds is 5. The predicted octanol–water partition coefficient (Wildman–Crippen LogP) is 3.70. The molecule has 10 heteroatoms. The van der Waals surface area contributed by atoms with Crippen LogP contribution in [0.15, 0.2) is 46.1 Å². The minimum absolute atomic E-state index is 0.769. The Hall–Kier alpha value is -1.01. The molecule has 3 rings (SSSR count). The van der Waals surface area contributed by atoms with Crippen LogP contribution in [0.1, 0.15) is 18.7 Å². The lowest BCUT2D eigenvalue weighted by Gasteiger charge is -2.00. The van der Waals surface area contributed by atoms with E-state index in [1.165, 1.54) is 0 Å². The van der Waals surface area contributed by atoms with E-state index in [1.54, 1.807) is 31.0 Å². The molecular formula is C14H14Br2IN7. The molecule has 0 aromatic carbocycles. The van der Waals surface area contributed by atoms with Crippen LogP contribution in [0, 0.1) is 3.83 Å². The summed E-state index contributed by atoms with van der Waals surface area (Å²) in [7, 11) is 0. The van der Waals surface area contributed by atoms with Crippen LogP contribution in [0.25, 0.3) is 0 Å². The molecule has 7 nitrogen and oxygen atoms in total. The Labute approximate surface area is 170 Å². The molecule has 0 N–H and O–H groups in total. The molecule has 0 atom stereocenters. The van der Waals surface area contributed by atoms with Gasteiger partial charge in [-0.1, -0.05) is 5.21 Å². The zero-order chi connectivity index (χ0) is 17.2. The maximum atomic E-state index is 4.22. The summed E-state index contributed by atoms with van der Waals surface area (Å²) in [6.45, 7) is 0.899. The van der Waals surface area contributed by atoms with Gasteiger partial charge in [-0.05, 0) is 44.7 Å². The largest absolute Gasteiger partial charge is 0.253 e. The van der Waals surface area contributed by atoms with Gasteiger partial charge in [-0.3, -0.25) is 4.68 Å². The molecule has 0 aliphatic carbocycles. The Morgan fingerprint density at radius 3 is 2.08 bits per heavy atom. The summed E-state index contributed by atoms with van der Waals surface area (Å²) in [6.07, 6.45) is 13.6. The van der Waals surface area contributed by atoms with Crippen molar-refractivity contribution in [2.45, 2.75) is 25.8 Å². The number of hydrogen-bond acceptors (Lipinski definition) is 6. The molecule has 0 saturated carbocycles. The van der Waals surface area contributed by atoms with Crippen LogP contribution in [0.3, 0.4) is 0 Å². The number of hydrogen-bond donors (Lipinski definition) is 0. The van der Waals surface area contributed by atoms with Crippen molar-refractivity contribution in [3.05, 3.63) is 55.8 Å². The van der Waals surface area contributed by atoms with Gasteiger partial charge in [-0.15, -0.1) is 5.10 Å². The Morgan fingerprint density at radius 1 is 0.917 bits per heavy atom. The first kappa shape index (κ1) is 19.3. The summed E-state index contributed by atoms with van der Waals surface area (Å²) in [5, 5.41) is 7.65. The number of aromatic nitrogens is 7. The number of halogens is 3. The summed E-state index contributed by atoms with van der Waals surface area (Å²) < 4.78 is 4.44. The highest BCUT2D eigenvalue weighted by Crippen LogP contribution is 2.06. The summed E-state index contributed by atoms with van der Waals surface area (Å²) in [6, 6.07) is 0. The van der Waals surface area contributed by atoms with E-state index in [-0.39, 0.29) is 0 Å². The SMILES string of the molecule is Brc1cnc(CCCCn2ccnn2)nc1.Brc1cnc(I)nc1. The van der Waals surface area contributed by atoms with Crippen LogP contribution in [0.4, 0.5) is 0 Å². The monoisotopic (exact) mass is 565 g/mol. The van der Waals surface area contributed by atoms with Gasteiger partial charge in [0, 0.05) is 66.5 Å². The van der Waals surface area contributed by atoms with Crippen molar-refractivity contribution in [1.29, 1.82) is 0 Å². The fourth-order valence-corrected chi connectivity index (χ4v) is 2.36. The predicted molar refractivity (Wildman–Crippen MR) is 105 cm³/mol. The standard InChI is InChI=1S/C10H12BrN5.C4H2BrIN2/c11-9-7-12-10(13-8-9)3-1-2-5-16-6-4-14-15-16;5-3-1-7-4(6)8-2-3/h4,6-8H,1-3,5H2;1-2H. The molecule has 3 heterocycles. The van der Waals surface area contributed by atoms with Crippen LogP contribution >= 0.6 is 54.5 Å².